The van der Waals surface area contributed by atoms with Crippen LogP contribution < -0.4 is 5.73 Å². The van der Waals surface area contributed by atoms with Gasteiger partial charge in [0.2, 0.25) is 0 Å². The highest BCUT2D eigenvalue weighted by Gasteiger charge is 2.16. The highest BCUT2D eigenvalue weighted by atomic mass is 35.5. The van der Waals surface area contributed by atoms with Crippen molar-refractivity contribution >= 4 is 38.2 Å². The lowest BCUT2D eigenvalue weighted by molar-refractivity contribution is 0.602. The van der Waals surface area contributed by atoms with Crippen LogP contribution in [-0.2, 0) is 9.84 Å². The number of hydrogen-bond donors (Lipinski definition) is 2. The Morgan fingerprint density at radius 1 is 1.24 bits per heavy atom. The quantitative estimate of drug-likeness (QED) is 0.710. The second-order valence-electron chi connectivity index (χ2n) is 4.74. The lowest BCUT2D eigenvalue weighted by atomic mass is 10.2. The number of sulfone groups is 1. The first-order valence-corrected chi connectivity index (χ1v) is 8.37. The molecule has 0 aliphatic rings. The molecule has 0 saturated heterocycles. The number of hydrogen-bond acceptors (Lipinski definition) is 4. The second-order valence-corrected chi connectivity index (χ2v) is 7.16. The fourth-order valence-electron chi connectivity index (χ4n) is 2.18. The van der Waals surface area contributed by atoms with Crippen molar-refractivity contribution in [3.05, 3.63) is 41.4 Å². The molecule has 0 spiro atoms. The van der Waals surface area contributed by atoms with Crippen LogP contribution in [0.15, 0.2) is 41.3 Å². The van der Waals surface area contributed by atoms with E-state index in [1.807, 2.05) is 0 Å². The van der Waals surface area contributed by atoms with Gasteiger partial charge in [-0.25, -0.2) is 13.4 Å². The SMILES string of the molecule is CS(=O)(=O)c1cccc2[nH]c(-c3ccc(Cl)cc3N)nc12. The van der Waals surface area contributed by atoms with Crippen molar-refractivity contribution in [1.29, 1.82) is 0 Å². The summed E-state index contributed by atoms with van der Waals surface area (Å²) < 4.78 is 23.6. The summed E-state index contributed by atoms with van der Waals surface area (Å²) in [6.45, 7) is 0. The third-order valence-electron chi connectivity index (χ3n) is 3.14. The number of nitrogens with zero attached hydrogens (tertiary/aromatic N) is 1. The Kier molecular flexibility index (Phi) is 3.15. The van der Waals surface area contributed by atoms with Crippen molar-refractivity contribution in [3.63, 3.8) is 0 Å². The summed E-state index contributed by atoms with van der Waals surface area (Å²) in [5, 5.41) is 0.532. The smallest absolute Gasteiger partial charge is 0.177 e. The van der Waals surface area contributed by atoms with Gasteiger partial charge in [-0.3, -0.25) is 0 Å². The van der Waals surface area contributed by atoms with E-state index < -0.39 is 9.84 Å². The number of benzene rings is 2. The first-order chi connectivity index (χ1) is 9.86. The monoisotopic (exact) mass is 321 g/mol. The van der Waals surface area contributed by atoms with E-state index in [2.05, 4.69) is 9.97 Å². The molecular weight excluding hydrogens is 310 g/mol. The van der Waals surface area contributed by atoms with Crippen molar-refractivity contribution in [1.82, 2.24) is 9.97 Å². The third-order valence-corrected chi connectivity index (χ3v) is 4.51. The van der Waals surface area contributed by atoms with Crippen molar-refractivity contribution in [2.75, 3.05) is 12.0 Å². The van der Waals surface area contributed by atoms with Crippen LogP contribution in [0.4, 0.5) is 5.69 Å². The van der Waals surface area contributed by atoms with Crippen molar-refractivity contribution in [2.45, 2.75) is 4.90 Å². The molecule has 108 valence electrons. The number of fused-ring (bicyclic) bond motifs is 1. The van der Waals surface area contributed by atoms with E-state index in [0.717, 1.165) is 6.26 Å². The topological polar surface area (TPSA) is 88.8 Å². The molecule has 0 radical (unpaired) electrons. The zero-order valence-electron chi connectivity index (χ0n) is 11.1. The van der Waals surface area contributed by atoms with E-state index in [-0.39, 0.29) is 4.90 Å². The summed E-state index contributed by atoms with van der Waals surface area (Å²) in [6.07, 6.45) is 1.16. The number of aromatic amines is 1. The molecule has 0 unspecified atom stereocenters. The lowest BCUT2D eigenvalue weighted by Crippen LogP contribution is -1.97. The summed E-state index contributed by atoms with van der Waals surface area (Å²) >= 11 is 5.88. The van der Waals surface area contributed by atoms with Crippen LogP contribution in [0.3, 0.4) is 0 Å². The van der Waals surface area contributed by atoms with E-state index in [4.69, 9.17) is 17.3 Å². The van der Waals surface area contributed by atoms with E-state index in [0.29, 0.717) is 33.1 Å². The molecule has 3 rings (SSSR count). The second kappa shape index (κ2) is 4.75. The van der Waals surface area contributed by atoms with Gasteiger partial charge in [0.1, 0.15) is 11.3 Å². The van der Waals surface area contributed by atoms with E-state index in [1.54, 1.807) is 30.3 Å². The summed E-state index contributed by atoms with van der Waals surface area (Å²) in [7, 11) is -3.35. The molecule has 0 aliphatic heterocycles. The van der Waals surface area contributed by atoms with Crippen molar-refractivity contribution < 1.29 is 8.42 Å². The Morgan fingerprint density at radius 2 is 2.00 bits per heavy atom. The van der Waals surface area contributed by atoms with E-state index >= 15 is 0 Å². The van der Waals surface area contributed by atoms with Gasteiger partial charge in [0.15, 0.2) is 9.84 Å². The zero-order chi connectivity index (χ0) is 15.2. The van der Waals surface area contributed by atoms with E-state index in [1.165, 1.54) is 6.07 Å². The van der Waals surface area contributed by atoms with Gasteiger partial charge in [0.25, 0.3) is 0 Å². The van der Waals surface area contributed by atoms with Gasteiger partial charge in [-0.05, 0) is 30.3 Å². The summed E-state index contributed by atoms with van der Waals surface area (Å²) in [4.78, 5) is 7.66. The van der Waals surface area contributed by atoms with Gasteiger partial charge < -0.3 is 10.7 Å². The molecule has 0 fully saturated rings. The van der Waals surface area contributed by atoms with Crippen LogP contribution >= 0.6 is 11.6 Å². The molecule has 21 heavy (non-hydrogen) atoms. The number of nitrogen functional groups attached to an aromatic ring is 1. The number of H-pyrrole nitrogens is 1. The zero-order valence-corrected chi connectivity index (χ0v) is 12.7. The Labute approximate surface area is 126 Å². The summed E-state index contributed by atoms with van der Waals surface area (Å²) in [6, 6.07) is 10.1. The molecule has 0 aliphatic carbocycles. The van der Waals surface area contributed by atoms with Gasteiger partial charge in [-0.2, -0.15) is 0 Å². The van der Waals surface area contributed by atoms with Gasteiger partial charge in [0.05, 0.1) is 10.4 Å². The predicted octanol–water partition coefficient (Wildman–Crippen LogP) is 2.87. The maximum atomic E-state index is 11.8. The van der Waals surface area contributed by atoms with Gasteiger partial charge >= 0.3 is 0 Å². The number of para-hydroxylation sites is 1. The maximum Gasteiger partial charge on any atom is 0.177 e. The standard InChI is InChI=1S/C14H12ClN3O2S/c1-21(19,20)12-4-2-3-11-13(12)18-14(17-11)9-6-5-8(15)7-10(9)16/h2-7H,16H2,1H3,(H,17,18). The molecule has 3 aromatic rings. The largest absolute Gasteiger partial charge is 0.398 e. The molecule has 1 heterocycles. The Bertz CT molecular complexity index is 948. The molecule has 1 aromatic heterocycles. The molecule has 2 aromatic carbocycles. The summed E-state index contributed by atoms with van der Waals surface area (Å²) in [5.74, 6) is 0.510. The molecule has 7 heteroatoms. The summed E-state index contributed by atoms with van der Waals surface area (Å²) in [5.41, 5.74) is 8.13. The van der Waals surface area contributed by atoms with Crippen molar-refractivity contribution in [3.8, 4) is 11.4 Å². The van der Waals surface area contributed by atoms with Gasteiger partial charge in [0, 0.05) is 22.5 Å². The van der Waals surface area contributed by atoms with Crippen LogP contribution in [0.1, 0.15) is 0 Å². The highest BCUT2D eigenvalue weighted by Crippen LogP contribution is 2.30. The number of nitrogens with one attached hydrogen (secondary N) is 1. The highest BCUT2D eigenvalue weighted by molar-refractivity contribution is 7.91. The van der Waals surface area contributed by atoms with Gasteiger partial charge in [-0.1, -0.05) is 17.7 Å². The predicted molar refractivity (Wildman–Crippen MR) is 84.1 cm³/mol. The Morgan fingerprint density at radius 3 is 2.67 bits per heavy atom. The van der Waals surface area contributed by atoms with Crippen molar-refractivity contribution in [2.24, 2.45) is 0 Å². The Balaban J connectivity index is 2.27. The maximum absolute atomic E-state index is 11.8. The fraction of sp³-hybridized carbons (Fsp3) is 0.0714. The molecule has 0 bridgehead atoms. The minimum Gasteiger partial charge on any atom is -0.398 e. The molecular formula is C14H12ClN3O2S. The molecule has 0 amide bonds. The van der Waals surface area contributed by atoms with Gasteiger partial charge in [-0.15, -0.1) is 0 Å². The normalized spacial score (nSPS) is 11.9. The van der Waals surface area contributed by atoms with Crippen LogP contribution in [-0.4, -0.2) is 24.6 Å². The van der Waals surface area contributed by atoms with Crippen LogP contribution in [0.25, 0.3) is 22.4 Å². The molecule has 0 atom stereocenters. The first-order valence-electron chi connectivity index (χ1n) is 6.10. The average molecular weight is 322 g/mol. The number of imidazole rings is 1. The number of anilines is 1. The number of nitrogens with two attached hydrogens (primary N) is 1. The Hall–Kier alpha value is -2.05. The molecule has 0 saturated carbocycles. The lowest BCUT2D eigenvalue weighted by Gasteiger charge is -2.02. The van der Waals surface area contributed by atoms with Crippen LogP contribution in [0, 0.1) is 0 Å². The number of rotatable bonds is 2. The van der Waals surface area contributed by atoms with Crippen LogP contribution in [0.5, 0.6) is 0 Å². The third kappa shape index (κ3) is 2.48. The number of aromatic nitrogens is 2. The molecule has 3 N–H and O–H groups in total. The fourth-order valence-corrected chi connectivity index (χ4v) is 3.19. The number of halogens is 1. The minimum absolute atomic E-state index is 0.190. The first kappa shape index (κ1) is 13.9. The van der Waals surface area contributed by atoms with Crippen LogP contribution in [0.2, 0.25) is 5.02 Å². The van der Waals surface area contributed by atoms with E-state index in [9.17, 15) is 8.42 Å². The minimum atomic E-state index is -3.35. The molecule has 5 nitrogen and oxygen atoms in total. The average Bonchev–Trinajstić information content (AvgIpc) is 2.80.